The molecule has 0 amide bonds. The molecule has 19 heavy (non-hydrogen) atoms. The van der Waals surface area contributed by atoms with E-state index in [1.807, 2.05) is 19.9 Å². The molecule has 0 aliphatic carbocycles. The van der Waals surface area contributed by atoms with Crippen LogP contribution in [0.1, 0.15) is 32.1 Å². The van der Waals surface area contributed by atoms with Crippen molar-refractivity contribution in [1.29, 1.82) is 0 Å². The maximum Gasteiger partial charge on any atom is 0.156 e. The summed E-state index contributed by atoms with van der Waals surface area (Å²) in [6.07, 6.45) is 0.796. The Labute approximate surface area is 131 Å². The number of benzene rings is 1. The van der Waals surface area contributed by atoms with Crippen molar-refractivity contribution >= 4 is 39.1 Å². The third kappa shape index (κ3) is 2.83. The monoisotopic (exact) mass is 361 g/mol. The Kier molecular flexibility index (Phi) is 4.29. The van der Waals surface area contributed by atoms with Gasteiger partial charge in [-0.15, -0.1) is 0 Å². The molecule has 5 heteroatoms. The van der Waals surface area contributed by atoms with E-state index in [0.29, 0.717) is 10.0 Å². The van der Waals surface area contributed by atoms with E-state index in [9.17, 15) is 0 Å². The van der Waals surface area contributed by atoms with Gasteiger partial charge in [-0.2, -0.15) is 0 Å². The minimum absolute atomic E-state index is 0.280. The lowest BCUT2D eigenvalue weighted by Gasteiger charge is -2.14. The van der Waals surface area contributed by atoms with Crippen molar-refractivity contribution in [1.82, 2.24) is 5.16 Å². The van der Waals surface area contributed by atoms with Crippen LogP contribution in [0.5, 0.6) is 0 Å². The lowest BCUT2D eigenvalue weighted by Crippen LogP contribution is -2.08. The zero-order valence-electron chi connectivity index (χ0n) is 10.9. The Bertz CT molecular complexity index is 582. The van der Waals surface area contributed by atoms with Gasteiger partial charge in [-0.1, -0.05) is 57.3 Å². The minimum atomic E-state index is -0.280. The Morgan fingerprint density at radius 3 is 2.32 bits per heavy atom. The van der Waals surface area contributed by atoms with E-state index >= 15 is 0 Å². The van der Waals surface area contributed by atoms with Crippen LogP contribution >= 0.6 is 39.1 Å². The molecule has 0 aliphatic rings. The summed E-state index contributed by atoms with van der Waals surface area (Å²) in [6, 6.07) is 5.42. The second kappa shape index (κ2) is 5.47. The Morgan fingerprint density at radius 2 is 1.84 bits per heavy atom. The molecule has 0 saturated carbocycles. The van der Waals surface area contributed by atoms with E-state index in [-0.39, 0.29) is 4.32 Å². The quantitative estimate of drug-likeness (QED) is 0.641. The van der Waals surface area contributed by atoms with Crippen LogP contribution in [-0.4, -0.2) is 5.16 Å². The molecule has 0 spiro atoms. The zero-order valence-corrected chi connectivity index (χ0v) is 14.0. The molecule has 2 rings (SSSR count). The molecule has 0 N–H and O–H groups in total. The summed E-state index contributed by atoms with van der Waals surface area (Å²) in [6.45, 7) is 6.10. The molecule has 2 aromatic rings. The van der Waals surface area contributed by atoms with Gasteiger partial charge in [-0.05, 0) is 32.4 Å². The first kappa shape index (κ1) is 14.9. The van der Waals surface area contributed by atoms with Crippen LogP contribution in [-0.2, 0) is 10.7 Å². The molecule has 1 heterocycles. The van der Waals surface area contributed by atoms with E-state index in [1.54, 1.807) is 12.1 Å². The first-order chi connectivity index (χ1) is 8.86. The summed E-state index contributed by atoms with van der Waals surface area (Å²) in [4.78, 5) is 0. The molecule has 1 aromatic carbocycles. The average molecular weight is 363 g/mol. The van der Waals surface area contributed by atoms with Crippen LogP contribution in [0.15, 0.2) is 22.7 Å². The number of alkyl halides is 1. The van der Waals surface area contributed by atoms with Crippen LogP contribution in [0.2, 0.25) is 10.0 Å². The first-order valence-electron chi connectivity index (χ1n) is 5.98. The fourth-order valence-electron chi connectivity index (χ4n) is 2.02. The molecule has 0 saturated heterocycles. The van der Waals surface area contributed by atoms with Gasteiger partial charge in [0.25, 0.3) is 0 Å². The van der Waals surface area contributed by atoms with Crippen molar-refractivity contribution in [2.45, 2.75) is 31.5 Å². The molecule has 0 bridgehead atoms. The first-order valence-corrected chi connectivity index (χ1v) is 7.53. The molecule has 2 nitrogen and oxygen atoms in total. The Hall–Kier alpha value is -0.510. The Morgan fingerprint density at radius 1 is 1.26 bits per heavy atom. The SMILES string of the molecule is CCc1c(-c2c(Cl)cccc2Cl)noc1C(C)(C)Br. The number of hydrogen-bond acceptors (Lipinski definition) is 2. The summed E-state index contributed by atoms with van der Waals surface area (Å²) in [7, 11) is 0. The molecule has 0 atom stereocenters. The largest absolute Gasteiger partial charge is 0.359 e. The number of rotatable bonds is 3. The van der Waals surface area contributed by atoms with Crippen LogP contribution < -0.4 is 0 Å². The second-order valence-corrected chi connectivity index (χ2v) is 7.56. The zero-order chi connectivity index (χ0) is 14.2. The van der Waals surface area contributed by atoms with Crippen molar-refractivity contribution < 1.29 is 4.52 Å². The van der Waals surface area contributed by atoms with E-state index in [1.165, 1.54) is 0 Å². The van der Waals surface area contributed by atoms with Gasteiger partial charge in [0, 0.05) is 11.1 Å². The molecule has 0 aliphatic heterocycles. The van der Waals surface area contributed by atoms with Gasteiger partial charge in [0.15, 0.2) is 5.76 Å². The fourth-order valence-corrected chi connectivity index (χ4v) is 2.91. The summed E-state index contributed by atoms with van der Waals surface area (Å²) in [5.74, 6) is 0.806. The number of hydrogen-bond donors (Lipinski definition) is 0. The topological polar surface area (TPSA) is 26.0 Å². The van der Waals surface area contributed by atoms with Gasteiger partial charge in [0.2, 0.25) is 0 Å². The van der Waals surface area contributed by atoms with E-state index in [4.69, 9.17) is 27.7 Å². The predicted octanol–water partition coefficient (Wildman–Crippen LogP) is 5.84. The predicted molar refractivity (Wildman–Crippen MR) is 83.3 cm³/mol. The van der Waals surface area contributed by atoms with Crippen molar-refractivity contribution in [2.24, 2.45) is 0 Å². The summed E-state index contributed by atoms with van der Waals surface area (Å²) >= 11 is 16.1. The van der Waals surface area contributed by atoms with E-state index in [2.05, 4.69) is 28.0 Å². The highest BCUT2D eigenvalue weighted by molar-refractivity contribution is 9.09. The average Bonchev–Trinajstić information content (AvgIpc) is 2.72. The lowest BCUT2D eigenvalue weighted by molar-refractivity contribution is 0.363. The van der Waals surface area contributed by atoms with Gasteiger partial charge >= 0.3 is 0 Å². The van der Waals surface area contributed by atoms with Gasteiger partial charge in [0.05, 0.1) is 14.4 Å². The molecule has 102 valence electrons. The lowest BCUT2D eigenvalue weighted by atomic mass is 9.99. The molecule has 0 fully saturated rings. The third-order valence-electron chi connectivity index (χ3n) is 2.88. The molecule has 0 unspecified atom stereocenters. The van der Waals surface area contributed by atoms with Crippen molar-refractivity contribution in [3.63, 3.8) is 0 Å². The molecular formula is C14H14BrCl2NO. The number of nitrogens with zero attached hydrogens (tertiary/aromatic N) is 1. The van der Waals surface area contributed by atoms with Crippen molar-refractivity contribution in [2.75, 3.05) is 0 Å². The summed E-state index contributed by atoms with van der Waals surface area (Å²) in [5, 5.41) is 5.33. The van der Waals surface area contributed by atoms with E-state index < -0.39 is 0 Å². The standard InChI is InChI=1S/C14H14BrCl2NO/c1-4-8-12(18-19-13(8)14(2,3)15)11-9(16)6-5-7-10(11)17/h5-7H,4H2,1-3H3. The summed E-state index contributed by atoms with van der Waals surface area (Å²) in [5.41, 5.74) is 2.48. The van der Waals surface area contributed by atoms with Crippen molar-refractivity contribution in [3.05, 3.63) is 39.6 Å². The van der Waals surface area contributed by atoms with Crippen LogP contribution in [0, 0.1) is 0 Å². The molecular weight excluding hydrogens is 349 g/mol. The highest BCUT2D eigenvalue weighted by Crippen LogP contribution is 2.41. The molecule has 0 radical (unpaired) electrons. The van der Waals surface area contributed by atoms with Gasteiger partial charge in [-0.3, -0.25) is 0 Å². The number of halogens is 3. The number of aromatic nitrogens is 1. The van der Waals surface area contributed by atoms with Crippen molar-refractivity contribution in [3.8, 4) is 11.3 Å². The fraction of sp³-hybridized carbons (Fsp3) is 0.357. The maximum atomic E-state index is 6.24. The van der Waals surface area contributed by atoms with Crippen LogP contribution in [0.25, 0.3) is 11.3 Å². The molecule has 1 aromatic heterocycles. The normalized spacial score (nSPS) is 11.9. The Balaban J connectivity index is 2.68. The van der Waals surface area contributed by atoms with Crippen LogP contribution in [0.4, 0.5) is 0 Å². The smallest absolute Gasteiger partial charge is 0.156 e. The highest BCUT2D eigenvalue weighted by atomic mass is 79.9. The third-order valence-corrected chi connectivity index (χ3v) is 3.87. The van der Waals surface area contributed by atoms with Crippen LogP contribution in [0.3, 0.4) is 0 Å². The maximum absolute atomic E-state index is 6.24. The highest BCUT2D eigenvalue weighted by Gasteiger charge is 2.29. The summed E-state index contributed by atoms with van der Waals surface area (Å²) < 4.78 is 5.22. The second-order valence-electron chi connectivity index (χ2n) is 4.76. The van der Waals surface area contributed by atoms with Gasteiger partial charge in [0.1, 0.15) is 5.69 Å². The van der Waals surface area contributed by atoms with E-state index in [0.717, 1.165) is 29.0 Å². The van der Waals surface area contributed by atoms with Gasteiger partial charge in [-0.25, -0.2) is 0 Å². The minimum Gasteiger partial charge on any atom is -0.359 e. The van der Waals surface area contributed by atoms with Gasteiger partial charge < -0.3 is 4.52 Å².